The van der Waals surface area contributed by atoms with E-state index in [9.17, 15) is 36.7 Å². The van der Waals surface area contributed by atoms with Crippen molar-refractivity contribution in [2.75, 3.05) is 10.2 Å². The minimum Gasteiger partial charge on any atom is -0.324 e. The molecule has 7 rings (SSSR count). The summed E-state index contributed by atoms with van der Waals surface area (Å²) >= 11 is 1.74. The first-order chi connectivity index (χ1) is 22.0. The number of fused-ring (bicyclic) bond motifs is 3. The maximum Gasteiger partial charge on any atom is 0.416 e. The van der Waals surface area contributed by atoms with Crippen LogP contribution in [0.5, 0.6) is 0 Å². The molecule has 13 heteroatoms. The Morgan fingerprint density at radius 2 is 1.59 bits per heavy atom. The van der Waals surface area contributed by atoms with Crippen molar-refractivity contribution in [1.82, 2.24) is 4.57 Å². The number of rotatable bonds is 5. The Morgan fingerprint density at radius 3 is 2.35 bits per heavy atom. The molecule has 1 N–H and O–H groups in total. The zero-order valence-corrected chi connectivity index (χ0v) is 25.1. The van der Waals surface area contributed by atoms with Crippen molar-refractivity contribution in [3.8, 4) is 0 Å². The van der Waals surface area contributed by atoms with Gasteiger partial charge in [0.2, 0.25) is 17.7 Å². The molecule has 232 valence electrons. The van der Waals surface area contributed by atoms with E-state index >= 15 is 0 Å². The number of thioether (sulfide) groups is 1. The van der Waals surface area contributed by atoms with Crippen molar-refractivity contribution in [2.24, 2.45) is 5.92 Å². The predicted molar refractivity (Wildman–Crippen MR) is 166 cm³/mol. The molecule has 4 aromatic carbocycles. The molecule has 3 heterocycles. The van der Waals surface area contributed by atoms with Crippen molar-refractivity contribution in [3.05, 3.63) is 122 Å². The summed E-state index contributed by atoms with van der Waals surface area (Å²) in [7, 11) is 0. The Labute approximate surface area is 266 Å². The Balaban J connectivity index is 1.28. The first kappa shape index (κ1) is 29.9. The second kappa shape index (κ2) is 11.2. The quantitative estimate of drug-likeness (QED) is 0.168. The van der Waals surface area contributed by atoms with Crippen LogP contribution in [-0.2, 0) is 27.1 Å². The first-order valence-corrected chi connectivity index (χ1v) is 15.7. The second-order valence-electron chi connectivity index (χ2n) is 10.9. The number of nitrogens with zero attached hydrogens (tertiary/aromatic N) is 2. The van der Waals surface area contributed by atoms with Gasteiger partial charge in [-0.15, -0.1) is 0 Å². The zero-order valence-electron chi connectivity index (χ0n) is 23.5. The molecule has 46 heavy (non-hydrogen) atoms. The van der Waals surface area contributed by atoms with Crippen LogP contribution in [-0.4, -0.2) is 27.5 Å². The Morgan fingerprint density at radius 1 is 0.870 bits per heavy atom. The minimum absolute atomic E-state index is 0.229. The fourth-order valence-corrected chi connectivity index (χ4v) is 8.80. The Hall–Kier alpha value is -4.75. The van der Waals surface area contributed by atoms with E-state index in [1.54, 1.807) is 12.1 Å². The van der Waals surface area contributed by atoms with Gasteiger partial charge in [0.05, 0.1) is 22.2 Å². The Kier molecular flexibility index (Phi) is 7.32. The van der Waals surface area contributed by atoms with E-state index in [1.165, 1.54) is 34.9 Å². The molecule has 0 radical (unpaired) electrons. The molecular weight excluding hydrogens is 643 g/mol. The number of halogens is 4. The van der Waals surface area contributed by atoms with Gasteiger partial charge in [-0.3, -0.25) is 23.7 Å². The third-order valence-electron chi connectivity index (χ3n) is 8.08. The van der Waals surface area contributed by atoms with Gasteiger partial charge in [-0.05, 0) is 47.3 Å². The maximum absolute atomic E-state index is 13.9. The molecule has 2 aliphatic heterocycles. The smallest absolute Gasteiger partial charge is 0.324 e. The van der Waals surface area contributed by atoms with E-state index < -0.39 is 63.8 Å². The average Bonchev–Trinajstić information content (AvgIpc) is 3.47. The second-order valence-corrected chi connectivity index (χ2v) is 13.0. The van der Waals surface area contributed by atoms with Crippen LogP contribution in [0.4, 0.5) is 28.9 Å². The van der Waals surface area contributed by atoms with Crippen molar-refractivity contribution < 1.29 is 31.9 Å². The van der Waals surface area contributed by atoms with Crippen molar-refractivity contribution >= 4 is 63.0 Å². The number of carbonyl (C=O) groups is 3. The summed E-state index contributed by atoms with van der Waals surface area (Å²) in [6.45, 7) is -0.395. The third-order valence-corrected chi connectivity index (χ3v) is 10.7. The van der Waals surface area contributed by atoms with Gasteiger partial charge in [0.1, 0.15) is 17.6 Å². The highest BCUT2D eigenvalue weighted by Crippen LogP contribution is 2.54. The summed E-state index contributed by atoms with van der Waals surface area (Å²) in [5.41, 5.74) is -0.259. The molecule has 1 fully saturated rings. The molecule has 1 saturated heterocycles. The number of amides is 3. The number of imide groups is 1. The number of hydrogen-bond acceptors (Lipinski definition) is 6. The number of nitrogens with one attached hydrogen (secondary N) is 1. The number of anilines is 2. The molecule has 0 aliphatic carbocycles. The summed E-state index contributed by atoms with van der Waals surface area (Å²) in [5, 5.41) is 3.73. The maximum atomic E-state index is 13.9. The molecule has 2 aliphatic rings. The SMILES string of the molecule is O=C(Cn1c2c(sc1=O)[C@@H](c1ccc(F)cc1)[C@@H]1C(=O)N(c3cccc(C(F)(F)F)c3)C(=O)[C@@H]1S2)Nc1cccc2ccccc12. The van der Waals surface area contributed by atoms with Crippen molar-refractivity contribution in [3.63, 3.8) is 0 Å². The molecule has 0 bridgehead atoms. The zero-order chi connectivity index (χ0) is 32.3. The van der Waals surface area contributed by atoms with E-state index in [0.29, 0.717) is 21.2 Å². The van der Waals surface area contributed by atoms with Gasteiger partial charge < -0.3 is 5.32 Å². The highest BCUT2D eigenvalue weighted by atomic mass is 32.2. The van der Waals surface area contributed by atoms with Crippen molar-refractivity contribution in [2.45, 2.75) is 28.9 Å². The predicted octanol–water partition coefficient (Wildman–Crippen LogP) is 6.66. The molecular formula is C33H21F4N3O4S2. The molecule has 0 unspecified atom stereocenters. The van der Waals surface area contributed by atoms with Gasteiger partial charge in [0.15, 0.2) is 0 Å². The van der Waals surface area contributed by atoms with Crippen molar-refractivity contribution in [1.29, 1.82) is 0 Å². The highest BCUT2D eigenvalue weighted by molar-refractivity contribution is 8.00. The lowest BCUT2D eigenvalue weighted by Gasteiger charge is -2.30. The Bertz CT molecular complexity index is 2100. The molecule has 7 nitrogen and oxygen atoms in total. The fourth-order valence-electron chi connectivity index (χ4n) is 6.03. The summed E-state index contributed by atoms with van der Waals surface area (Å²) in [5.74, 6) is -4.51. The number of alkyl halides is 3. The van der Waals surface area contributed by atoms with E-state index in [-0.39, 0.29) is 5.69 Å². The highest BCUT2D eigenvalue weighted by Gasteiger charge is 2.57. The molecule has 3 atom stereocenters. The summed E-state index contributed by atoms with van der Waals surface area (Å²) in [4.78, 5) is 55.1. The van der Waals surface area contributed by atoms with Gasteiger partial charge in [0, 0.05) is 21.9 Å². The van der Waals surface area contributed by atoms with Gasteiger partial charge in [0.25, 0.3) is 0 Å². The molecule has 0 spiro atoms. The first-order valence-electron chi connectivity index (χ1n) is 14.0. The average molecular weight is 664 g/mol. The van der Waals surface area contributed by atoms with E-state index in [2.05, 4.69) is 5.32 Å². The lowest BCUT2D eigenvalue weighted by Crippen LogP contribution is -2.33. The number of carbonyl (C=O) groups excluding carboxylic acids is 3. The third kappa shape index (κ3) is 5.09. The van der Waals surface area contributed by atoms with Crippen LogP contribution in [0.25, 0.3) is 10.8 Å². The largest absolute Gasteiger partial charge is 0.416 e. The van der Waals surface area contributed by atoms with Crippen LogP contribution in [0.1, 0.15) is 21.9 Å². The summed E-state index contributed by atoms with van der Waals surface area (Å²) < 4.78 is 55.7. The van der Waals surface area contributed by atoms with Gasteiger partial charge in [-0.2, -0.15) is 13.2 Å². The summed E-state index contributed by atoms with van der Waals surface area (Å²) in [6.07, 6.45) is -4.70. The van der Waals surface area contributed by atoms with Gasteiger partial charge in [-0.1, -0.05) is 77.7 Å². The minimum atomic E-state index is -4.70. The normalized spacial score (nSPS) is 19.3. The molecule has 0 saturated carbocycles. The topological polar surface area (TPSA) is 88.5 Å². The molecule has 1 aromatic heterocycles. The number of thiazole rings is 1. The van der Waals surface area contributed by atoms with Crippen LogP contribution >= 0.6 is 23.1 Å². The number of benzene rings is 4. The number of hydrogen-bond donors (Lipinski definition) is 1. The number of aromatic nitrogens is 1. The van der Waals surface area contributed by atoms with E-state index in [1.807, 2.05) is 30.3 Å². The van der Waals surface area contributed by atoms with Crippen LogP contribution in [0, 0.1) is 11.7 Å². The van der Waals surface area contributed by atoms with Crippen LogP contribution in [0.3, 0.4) is 0 Å². The van der Waals surface area contributed by atoms with Crippen LogP contribution < -0.4 is 15.1 Å². The van der Waals surface area contributed by atoms with Crippen LogP contribution in [0.2, 0.25) is 0 Å². The van der Waals surface area contributed by atoms with Gasteiger partial charge >= 0.3 is 11.0 Å². The lowest BCUT2D eigenvalue weighted by molar-refractivity contribution is -0.137. The lowest BCUT2D eigenvalue weighted by atomic mass is 9.83. The summed E-state index contributed by atoms with van der Waals surface area (Å²) in [6, 6.07) is 22.1. The molecule has 3 amide bonds. The van der Waals surface area contributed by atoms with E-state index in [4.69, 9.17) is 0 Å². The van der Waals surface area contributed by atoms with Crippen LogP contribution in [0.15, 0.2) is 101 Å². The standard InChI is InChI=1S/C33H21F4N3O4S2/c34-20-13-11-18(12-14-20)25-26-27(30(43)40(29(26)42)21-8-4-7-19(15-21)33(35,36)37)45-31-28(25)46-32(44)39(31)16-24(41)38-23-10-3-6-17-5-1-2-9-22(17)23/h1-15,25-27H,16H2,(H,38,41)/t25-,26-,27+/m0/s1. The monoisotopic (exact) mass is 663 g/mol. The van der Waals surface area contributed by atoms with Gasteiger partial charge in [-0.25, -0.2) is 9.29 Å². The van der Waals surface area contributed by atoms with E-state index in [0.717, 1.165) is 57.0 Å². The fraction of sp³-hybridized carbons (Fsp3) is 0.152. The molecule has 5 aromatic rings.